The van der Waals surface area contributed by atoms with Crippen LogP contribution in [0.5, 0.6) is 5.88 Å². The highest BCUT2D eigenvalue weighted by Crippen LogP contribution is 2.30. The van der Waals surface area contributed by atoms with Gasteiger partial charge in [0, 0.05) is 23.8 Å². The summed E-state index contributed by atoms with van der Waals surface area (Å²) in [7, 11) is -2.48. The number of fused-ring (bicyclic) bond motifs is 1. The maximum Gasteiger partial charge on any atom is 0.246 e. The molecule has 2 aromatic heterocycles. The lowest BCUT2D eigenvalue weighted by atomic mass is 10.1. The second-order valence-electron chi connectivity index (χ2n) is 7.64. The predicted octanol–water partition coefficient (Wildman–Crippen LogP) is 1.76. The monoisotopic (exact) mass is 419 g/mol. The minimum Gasteiger partial charge on any atom is -0.480 e. The zero-order valence-electron chi connectivity index (χ0n) is 16.8. The van der Waals surface area contributed by atoms with Crippen LogP contribution in [-0.4, -0.2) is 47.3 Å². The summed E-state index contributed by atoms with van der Waals surface area (Å²) in [4.78, 5) is 8.42. The van der Waals surface area contributed by atoms with Gasteiger partial charge in [-0.05, 0) is 44.5 Å². The van der Waals surface area contributed by atoms with Gasteiger partial charge < -0.3 is 20.1 Å². The average Bonchev–Trinajstić information content (AvgIpc) is 2.94. The van der Waals surface area contributed by atoms with E-state index >= 15 is 0 Å². The summed E-state index contributed by atoms with van der Waals surface area (Å²) in [6.45, 7) is 5.51. The van der Waals surface area contributed by atoms with Crippen molar-refractivity contribution in [1.29, 1.82) is 0 Å². The smallest absolute Gasteiger partial charge is 0.246 e. The van der Waals surface area contributed by atoms with Crippen molar-refractivity contribution in [3.8, 4) is 17.0 Å². The number of rotatable bonds is 6. The molecule has 0 spiro atoms. The van der Waals surface area contributed by atoms with Gasteiger partial charge in [0.05, 0.1) is 24.8 Å². The Bertz CT molecular complexity index is 1150. The number of aromatic nitrogens is 3. The van der Waals surface area contributed by atoms with Crippen molar-refractivity contribution in [3.05, 3.63) is 30.5 Å². The lowest BCUT2D eigenvalue weighted by Crippen LogP contribution is -2.40. The fourth-order valence-corrected chi connectivity index (χ4v) is 4.61. The molecule has 0 fully saturated rings. The van der Waals surface area contributed by atoms with Gasteiger partial charge in [0.2, 0.25) is 21.9 Å². The molecule has 4 N–H and O–H groups in total. The van der Waals surface area contributed by atoms with Gasteiger partial charge in [0.15, 0.2) is 0 Å². The number of nitrogens with zero attached hydrogens (tertiary/aromatic N) is 3. The maximum absolute atomic E-state index is 12.9. The number of imidazole rings is 1. The van der Waals surface area contributed by atoms with Crippen LogP contribution in [0.4, 0.5) is 5.95 Å². The molecular formula is C19H25N5O4S. The third-order valence-electron chi connectivity index (χ3n) is 4.18. The summed E-state index contributed by atoms with van der Waals surface area (Å²) in [5.41, 5.74) is 8.02. The minimum absolute atomic E-state index is 0.0149. The van der Waals surface area contributed by atoms with Crippen LogP contribution in [0, 0.1) is 0 Å². The minimum atomic E-state index is -3.85. The number of hydrogen-bond acceptors (Lipinski definition) is 7. The van der Waals surface area contributed by atoms with Crippen molar-refractivity contribution in [2.24, 2.45) is 0 Å². The fourth-order valence-electron chi connectivity index (χ4n) is 3.05. The fraction of sp³-hybridized carbons (Fsp3) is 0.368. The number of nitrogens with two attached hydrogens (primary N) is 1. The summed E-state index contributed by atoms with van der Waals surface area (Å²) in [6, 6.07) is 6.97. The number of nitrogen functional groups attached to an aromatic ring is 1. The molecule has 0 bridgehead atoms. The van der Waals surface area contributed by atoms with Gasteiger partial charge in [0.1, 0.15) is 4.90 Å². The van der Waals surface area contributed by atoms with E-state index in [1.807, 2.05) is 12.1 Å². The van der Waals surface area contributed by atoms with Gasteiger partial charge in [-0.3, -0.25) is 0 Å². The molecule has 0 aliphatic heterocycles. The first-order valence-corrected chi connectivity index (χ1v) is 10.5. The number of hydrogen-bond donors (Lipinski definition) is 3. The highest BCUT2D eigenvalue weighted by Gasteiger charge is 2.26. The zero-order valence-corrected chi connectivity index (χ0v) is 17.6. The summed E-state index contributed by atoms with van der Waals surface area (Å²) >= 11 is 0. The van der Waals surface area contributed by atoms with Crippen LogP contribution < -0.4 is 15.2 Å². The third-order valence-corrected chi connectivity index (χ3v) is 5.93. The first kappa shape index (κ1) is 21.0. The molecule has 0 unspecified atom stereocenters. The maximum atomic E-state index is 12.9. The average molecular weight is 420 g/mol. The van der Waals surface area contributed by atoms with Crippen molar-refractivity contribution in [3.63, 3.8) is 0 Å². The SMILES string of the molecule is COc1ncc(-c2ccc3nc(N)n(CCO)c3c2)cc1S(=O)(=O)NC(C)(C)C. The molecule has 9 nitrogen and oxygen atoms in total. The number of anilines is 1. The van der Waals surface area contributed by atoms with Crippen molar-refractivity contribution in [1.82, 2.24) is 19.3 Å². The number of aliphatic hydroxyl groups excluding tert-OH is 1. The molecule has 0 atom stereocenters. The highest BCUT2D eigenvalue weighted by molar-refractivity contribution is 7.89. The van der Waals surface area contributed by atoms with E-state index in [-0.39, 0.29) is 17.4 Å². The van der Waals surface area contributed by atoms with Crippen LogP contribution in [0.2, 0.25) is 0 Å². The first-order valence-electron chi connectivity index (χ1n) is 9.01. The molecule has 0 radical (unpaired) electrons. The van der Waals surface area contributed by atoms with Gasteiger partial charge in [-0.2, -0.15) is 0 Å². The molecule has 1 aromatic carbocycles. The summed E-state index contributed by atoms with van der Waals surface area (Å²) < 4.78 is 35.2. The molecule has 0 amide bonds. The van der Waals surface area contributed by atoms with E-state index in [4.69, 9.17) is 10.5 Å². The van der Waals surface area contributed by atoms with E-state index in [2.05, 4.69) is 14.7 Å². The van der Waals surface area contributed by atoms with Gasteiger partial charge in [-0.15, -0.1) is 0 Å². The number of aliphatic hydroxyl groups is 1. The molecule has 29 heavy (non-hydrogen) atoms. The van der Waals surface area contributed by atoms with E-state index in [1.165, 1.54) is 13.2 Å². The summed E-state index contributed by atoms with van der Waals surface area (Å²) in [6.07, 6.45) is 1.55. The summed E-state index contributed by atoms with van der Waals surface area (Å²) in [5.74, 6) is 0.317. The van der Waals surface area contributed by atoms with Crippen LogP contribution in [-0.2, 0) is 16.6 Å². The molecule has 0 saturated heterocycles. The van der Waals surface area contributed by atoms with Crippen LogP contribution in [0.15, 0.2) is 35.4 Å². The molecule has 3 rings (SSSR count). The number of methoxy groups -OCH3 is 1. The first-order chi connectivity index (χ1) is 13.6. The van der Waals surface area contributed by atoms with Gasteiger partial charge in [-0.1, -0.05) is 6.07 Å². The van der Waals surface area contributed by atoms with E-state index in [9.17, 15) is 13.5 Å². The lowest BCUT2D eigenvalue weighted by molar-refractivity contribution is 0.278. The molecule has 10 heteroatoms. The van der Waals surface area contributed by atoms with Crippen molar-refractivity contribution < 1.29 is 18.3 Å². The molecular weight excluding hydrogens is 394 g/mol. The topological polar surface area (TPSA) is 132 Å². The van der Waals surface area contributed by atoms with Crippen molar-refractivity contribution in [2.45, 2.75) is 37.8 Å². The standard InChI is InChI=1S/C19H25N5O4S/c1-19(2,3)23-29(26,27)16-10-13(11-21-17(16)28-4)12-5-6-14-15(9-12)24(7-8-25)18(20)22-14/h5-6,9-11,23,25H,7-8H2,1-4H3,(H2,20,22). The van der Waals surface area contributed by atoms with E-state index in [1.54, 1.807) is 37.6 Å². The molecule has 3 aromatic rings. The largest absolute Gasteiger partial charge is 0.480 e. The predicted molar refractivity (Wildman–Crippen MR) is 111 cm³/mol. The third kappa shape index (κ3) is 4.34. The number of ether oxygens (including phenoxy) is 1. The Morgan fingerprint density at radius 3 is 2.59 bits per heavy atom. The van der Waals surface area contributed by atoms with Gasteiger partial charge >= 0.3 is 0 Å². The summed E-state index contributed by atoms with van der Waals surface area (Å²) in [5, 5.41) is 9.28. The number of sulfonamides is 1. The Labute approximate surface area is 169 Å². The Morgan fingerprint density at radius 1 is 1.24 bits per heavy atom. The Kier molecular flexibility index (Phi) is 5.52. The number of nitrogens with one attached hydrogen (secondary N) is 1. The quantitative estimate of drug-likeness (QED) is 0.554. The van der Waals surface area contributed by atoms with Crippen LogP contribution in [0.25, 0.3) is 22.2 Å². The molecule has 156 valence electrons. The van der Waals surface area contributed by atoms with Gasteiger partial charge in [-0.25, -0.2) is 23.1 Å². The van der Waals surface area contributed by atoms with E-state index < -0.39 is 15.6 Å². The van der Waals surface area contributed by atoms with Gasteiger partial charge in [0.25, 0.3) is 0 Å². The molecule has 0 saturated carbocycles. The van der Waals surface area contributed by atoms with Crippen molar-refractivity contribution in [2.75, 3.05) is 19.5 Å². The van der Waals surface area contributed by atoms with Crippen LogP contribution in [0.1, 0.15) is 20.8 Å². The van der Waals surface area contributed by atoms with Crippen LogP contribution in [0.3, 0.4) is 0 Å². The molecule has 2 heterocycles. The van der Waals surface area contributed by atoms with E-state index in [0.29, 0.717) is 23.6 Å². The second kappa shape index (κ2) is 7.62. The number of benzene rings is 1. The zero-order chi connectivity index (χ0) is 21.4. The Hall–Kier alpha value is -2.69. The van der Waals surface area contributed by atoms with Crippen LogP contribution >= 0.6 is 0 Å². The van der Waals surface area contributed by atoms with Crippen molar-refractivity contribution >= 4 is 27.0 Å². The number of pyridine rings is 1. The Balaban J connectivity index is 2.14. The normalized spacial score (nSPS) is 12.4. The lowest BCUT2D eigenvalue weighted by Gasteiger charge is -2.21. The molecule has 0 aliphatic carbocycles. The highest BCUT2D eigenvalue weighted by atomic mass is 32.2. The van der Waals surface area contributed by atoms with E-state index in [0.717, 1.165) is 11.1 Å². The molecule has 0 aliphatic rings. The Morgan fingerprint density at radius 2 is 1.97 bits per heavy atom. The second-order valence-corrected chi connectivity index (χ2v) is 9.29.